The number of hydrogen-bond donors (Lipinski definition) is 0. The van der Waals surface area contributed by atoms with Gasteiger partial charge in [-0.05, 0) is 30.5 Å². The van der Waals surface area contributed by atoms with E-state index in [1.807, 2.05) is 24.3 Å². The van der Waals surface area contributed by atoms with Gasteiger partial charge in [0.1, 0.15) is 0 Å². The van der Waals surface area contributed by atoms with E-state index in [2.05, 4.69) is 22.9 Å². The predicted octanol–water partition coefficient (Wildman–Crippen LogP) is 4.44. The third-order valence-electron chi connectivity index (χ3n) is 3.34. The van der Waals surface area contributed by atoms with Crippen molar-refractivity contribution in [2.24, 2.45) is 0 Å². The van der Waals surface area contributed by atoms with Crippen molar-refractivity contribution in [3.05, 3.63) is 34.3 Å². The van der Waals surface area contributed by atoms with Crippen molar-refractivity contribution < 1.29 is 19.1 Å². The van der Waals surface area contributed by atoms with Crippen molar-refractivity contribution in [3.8, 4) is 0 Å². The zero-order chi connectivity index (χ0) is 16.9. The first-order valence-electron chi connectivity index (χ1n) is 8.17. The Kier molecular flexibility index (Phi) is 10.4. The zero-order valence-electron chi connectivity index (χ0n) is 13.7. The maximum Gasteiger partial charge on any atom is 0.305 e. The lowest BCUT2D eigenvalue weighted by molar-refractivity contribution is -0.145. The molecule has 0 bridgehead atoms. The number of carbonyl (C=O) groups excluding carboxylic acids is 2. The molecule has 0 N–H and O–H groups in total. The maximum atomic E-state index is 11.6. The predicted molar refractivity (Wildman–Crippen MR) is 93.1 cm³/mol. The van der Waals surface area contributed by atoms with E-state index >= 15 is 0 Å². The molecular weight excluding hydrogens is 360 g/mol. The van der Waals surface area contributed by atoms with Gasteiger partial charge in [-0.1, -0.05) is 47.8 Å². The Labute approximate surface area is 146 Å². The molecule has 5 heteroatoms. The highest BCUT2D eigenvalue weighted by Crippen LogP contribution is 2.11. The van der Waals surface area contributed by atoms with Crippen molar-refractivity contribution in [3.63, 3.8) is 0 Å². The van der Waals surface area contributed by atoms with Crippen LogP contribution in [0.15, 0.2) is 28.7 Å². The molecule has 0 aliphatic carbocycles. The second-order valence-corrected chi connectivity index (χ2v) is 6.29. The highest BCUT2D eigenvalue weighted by molar-refractivity contribution is 9.10. The Morgan fingerprint density at radius 3 is 2.13 bits per heavy atom. The monoisotopic (exact) mass is 384 g/mol. The first kappa shape index (κ1) is 19.7. The summed E-state index contributed by atoms with van der Waals surface area (Å²) in [7, 11) is 0. The average molecular weight is 385 g/mol. The molecule has 128 valence electrons. The summed E-state index contributed by atoms with van der Waals surface area (Å²) in [5.41, 5.74) is 1.12. The van der Waals surface area contributed by atoms with Gasteiger partial charge in [0.15, 0.2) is 0 Å². The summed E-state index contributed by atoms with van der Waals surface area (Å²) in [5, 5.41) is 0. The van der Waals surface area contributed by atoms with Crippen molar-refractivity contribution in [1.29, 1.82) is 0 Å². The van der Waals surface area contributed by atoms with Crippen LogP contribution in [0.4, 0.5) is 0 Å². The number of carbonyl (C=O) groups is 2. The van der Waals surface area contributed by atoms with Crippen LogP contribution in [0.3, 0.4) is 0 Å². The van der Waals surface area contributed by atoms with Crippen LogP contribution in [0.1, 0.15) is 51.0 Å². The van der Waals surface area contributed by atoms with E-state index in [1.165, 1.54) is 0 Å². The molecule has 1 aromatic rings. The van der Waals surface area contributed by atoms with Crippen LogP contribution in [0, 0.1) is 0 Å². The molecule has 0 unspecified atom stereocenters. The van der Waals surface area contributed by atoms with Gasteiger partial charge in [0.2, 0.25) is 0 Å². The minimum atomic E-state index is -0.263. The number of ether oxygens (including phenoxy) is 2. The summed E-state index contributed by atoms with van der Waals surface area (Å²) in [6.45, 7) is 2.94. The van der Waals surface area contributed by atoms with E-state index in [4.69, 9.17) is 9.47 Å². The van der Waals surface area contributed by atoms with E-state index < -0.39 is 0 Å². The third-order valence-corrected chi connectivity index (χ3v) is 3.87. The van der Waals surface area contributed by atoms with Gasteiger partial charge in [0, 0.05) is 23.7 Å². The maximum absolute atomic E-state index is 11.6. The van der Waals surface area contributed by atoms with Crippen LogP contribution in [0.2, 0.25) is 0 Å². The molecule has 0 saturated carbocycles. The molecule has 0 aliphatic heterocycles. The zero-order valence-corrected chi connectivity index (χ0v) is 15.3. The fourth-order valence-corrected chi connectivity index (χ4v) is 2.26. The second kappa shape index (κ2) is 12.1. The smallest absolute Gasteiger partial charge is 0.305 e. The van der Waals surface area contributed by atoms with Gasteiger partial charge in [0.25, 0.3) is 0 Å². The Bertz CT molecular complexity index is 470. The first-order chi connectivity index (χ1) is 11.1. The molecule has 0 aliphatic rings. The lowest BCUT2D eigenvalue weighted by Gasteiger charge is -2.06. The second-order valence-electron chi connectivity index (χ2n) is 5.38. The summed E-state index contributed by atoms with van der Waals surface area (Å²) < 4.78 is 11.3. The van der Waals surface area contributed by atoms with E-state index in [1.54, 1.807) is 0 Å². The van der Waals surface area contributed by atoms with E-state index in [9.17, 15) is 9.59 Å². The summed E-state index contributed by atoms with van der Waals surface area (Å²) in [6, 6.07) is 7.91. The number of halogens is 1. The number of rotatable bonds is 11. The van der Waals surface area contributed by atoms with Crippen LogP contribution >= 0.6 is 15.9 Å². The fourth-order valence-electron chi connectivity index (χ4n) is 1.99. The normalized spacial score (nSPS) is 10.3. The molecule has 23 heavy (non-hydrogen) atoms. The molecule has 4 nitrogen and oxygen atoms in total. The van der Waals surface area contributed by atoms with Gasteiger partial charge in [-0.2, -0.15) is 0 Å². The number of unbranched alkanes of at least 4 members (excludes halogenated alkanes) is 2. The lowest BCUT2D eigenvalue weighted by Crippen LogP contribution is -2.10. The summed E-state index contributed by atoms with van der Waals surface area (Å²) in [5.74, 6) is -0.496. The molecule has 0 amide bonds. The van der Waals surface area contributed by atoms with Gasteiger partial charge in [-0.15, -0.1) is 0 Å². The molecule has 0 saturated heterocycles. The Hall–Kier alpha value is -1.36. The van der Waals surface area contributed by atoms with Gasteiger partial charge in [-0.3, -0.25) is 9.59 Å². The number of benzene rings is 1. The standard InChI is InChI=1S/C18H25BrO4/c1-2-3-4-13-22-17(20)6-5-7-18(21)23-14-12-15-8-10-16(19)11-9-15/h8-11H,2-7,12-14H2,1H3. The quantitative estimate of drug-likeness (QED) is 0.418. The SMILES string of the molecule is CCCCCOC(=O)CCCC(=O)OCCc1ccc(Br)cc1. The molecule has 1 rings (SSSR count). The third kappa shape index (κ3) is 10.1. The highest BCUT2D eigenvalue weighted by Gasteiger charge is 2.07. The minimum Gasteiger partial charge on any atom is -0.466 e. The van der Waals surface area contributed by atoms with Gasteiger partial charge in [-0.25, -0.2) is 0 Å². The van der Waals surface area contributed by atoms with Crippen molar-refractivity contribution in [2.45, 2.75) is 51.9 Å². The van der Waals surface area contributed by atoms with Gasteiger partial charge in [0.05, 0.1) is 13.2 Å². The molecule has 0 spiro atoms. The van der Waals surface area contributed by atoms with Crippen molar-refractivity contribution in [1.82, 2.24) is 0 Å². The van der Waals surface area contributed by atoms with Crippen LogP contribution in [-0.2, 0) is 25.5 Å². The minimum absolute atomic E-state index is 0.233. The molecule has 0 aromatic heterocycles. The summed E-state index contributed by atoms with van der Waals surface area (Å²) in [6.07, 6.45) is 4.77. The number of esters is 2. The van der Waals surface area contributed by atoms with E-state index in [0.717, 1.165) is 29.3 Å². The van der Waals surface area contributed by atoms with Crippen LogP contribution in [0.25, 0.3) is 0 Å². The highest BCUT2D eigenvalue weighted by atomic mass is 79.9. The molecule has 0 atom stereocenters. The molecule has 0 heterocycles. The Morgan fingerprint density at radius 2 is 1.52 bits per heavy atom. The van der Waals surface area contributed by atoms with Crippen molar-refractivity contribution >= 4 is 27.9 Å². The number of hydrogen-bond acceptors (Lipinski definition) is 4. The van der Waals surface area contributed by atoms with Crippen LogP contribution in [-0.4, -0.2) is 25.2 Å². The Morgan fingerprint density at radius 1 is 0.913 bits per heavy atom. The first-order valence-corrected chi connectivity index (χ1v) is 8.96. The lowest BCUT2D eigenvalue weighted by atomic mass is 10.2. The summed E-state index contributed by atoms with van der Waals surface area (Å²) in [4.78, 5) is 23.0. The van der Waals surface area contributed by atoms with Crippen molar-refractivity contribution in [2.75, 3.05) is 13.2 Å². The Balaban J connectivity index is 2.03. The van der Waals surface area contributed by atoms with Gasteiger partial charge < -0.3 is 9.47 Å². The summed E-state index contributed by atoms with van der Waals surface area (Å²) >= 11 is 3.38. The largest absolute Gasteiger partial charge is 0.466 e. The van der Waals surface area contributed by atoms with Gasteiger partial charge >= 0.3 is 11.9 Å². The topological polar surface area (TPSA) is 52.6 Å². The molecular formula is C18H25BrO4. The van der Waals surface area contributed by atoms with E-state index in [0.29, 0.717) is 26.1 Å². The van der Waals surface area contributed by atoms with Crippen LogP contribution in [0.5, 0.6) is 0 Å². The molecule has 1 aromatic carbocycles. The fraction of sp³-hybridized carbons (Fsp3) is 0.556. The van der Waals surface area contributed by atoms with E-state index in [-0.39, 0.29) is 24.8 Å². The van der Waals surface area contributed by atoms with Crippen LogP contribution < -0.4 is 0 Å². The molecule has 0 radical (unpaired) electrons. The molecule has 0 fully saturated rings. The average Bonchev–Trinajstić information content (AvgIpc) is 2.53.